The number of allylic oxidation sites excluding steroid dienone is 4. The van der Waals surface area contributed by atoms with Gasteiger partial charge >= 0.3 is 0 Å². The smallest absolute Gasteiger partial charge is 0.244 e. The maximum atomic E-state index is 13.0. The van der Waals surface area contributed by atoms with Gasteiger partial charge in [-0.2, -0.15) is 4.31 Å². The summed E-state index contributed by atoms with van der Waals surface area (Å²) in [4.78, 5) is 15.0. The summed E-state index contributed by atoms with van der Waals surface area (Å²) in [5.74, 6) is 0.00790. The van der Waals surface area contributed by atoms with Crippen molar-refractivity contribution in [3.8, 4) is 0 Å². The van der Waals surface area contributed by atoms with E-state index < -0.39 is 15.6 Å². The molecule has 3 rings (SSSR count). The van der Waals surface area contributed by atoms with Crippen LogP contribution in [0.1, 0.15) is 20.3 Å². The lowest BCUT2D eigenvalue weighted by atomic mass is 9.98. The molecule has 0 spiro atoms. The number of piperazine rings is 2. The molecule has 0 radical (unpaired) electrons. The molecule has 2 saturated heterocycles. The second-order valence-corrected chi connectivity index (χ2v) is 9.76. The summed E-state index contributed by atoms with van der Waals surface area (Å²) in [6, 6.07) is -0.0306. The van der Waals surface area contributed by atoms with Crippen LogP contribution in [0.25, 0.3) is 0 Å². The Morgan fingerprint density at radius 3 is 2.81 bits per heavy atom. The third-order valence-corrected chi connectivity index (χ3v) is 7.72. The van der Waals surface area contributed by atoms with Crippen LogP contribution in [0.5, 0.6) is 0 Å². The molecule has 2 aliphatic heterocycles. The lowest BCUT2D eigenvalue weighted by molar-refractivity contribution is -0.135. The highest BCUT2D eigenvalue weighted by Gasteiger charge is 2.40. The normalized spacial score (nSPS) is 27.9. The minimum atomic E-state index is -3.58. The van der Waals surface area contributed by atoms with Gasteiger partial charge in [0.1, 0.15) is 0 Å². The predicted octanol–water partition coefficient (Wildman–Crippen LogP) is 0.0141. The third-order valence-electron chi connectivity index (χ3n) is 5.25. The average molecular weight is 399 g/mol. The number of hydrogen-bond acceptors (Lipinski definition) is 6. The Kier molecular flexibility index (Phi) is 5.64. The van der Waals surface area contributed by atoms with E-state index in [1.807, 2.05) is 19.9 Å². The zero-order valence-electron chi connectivity index (χ0n) is 15.2. The van der Waals surface area contributed by atoms with Crippen LogP contribution in [-0.4, -0.2) is 79.2 Å². The molecule has 9 heteroatoms. The fraction of sp³-hybridized carbons (Fsp3) is 0.647. The lowest BCUT2D eigenvalue weighted by Crippen LogP contribution is -2.65. The highest BCUT2D eigenvalue weighted by Crippen LogP contribution is 2.23. The summed E-state index contributed by atoms with van der Waals surface area (Å²) in [5, 5.41) is 6.27. The van der Waals surface area contributed by atoms with Gasteiger partial charge in [0.2, 0.25) is 15.9 Å². The second kappa shape index (κ2) is 7.47. The number of thiocarbonyl (C=S) groups is 1. The first-order valence-electron chi connectivity index (χ1n) is 8.90. The molecular formula is C17H26N4O3S2. The minimum Gasteiger partial charge on any atom is -0.353 e. The first-order chi connectivity index (χ1) is 12.2. The number of sulfonamides is 1. The summed E-state index contributed by atoms with van der Waals surface area (Å²) >= 11 is 5.25. The third kappa shape index (κ3) is 3.77. The minimum absolute atomic E-state index is 0.00790. The summed E-state index contributed by atoms with van der Waals surface area (Å²) < 4.78 is 27.5. The first kappa shape index (κ1) is 19.6. The van der Waals surface area contributed by atoms with Crippen molar-refractivity contribution in [2.24, 2.45) is 0 Å². The molecule has 2 fully saturated rings. The zero-order chi connectivity index (χ0) is 18.9. The van der Waals surface area contributed by atoms with Crippen molar-refractivity contribution < 1.29 is 13.2 Å². The molecule has 2 N–H and O–H groups in total. The van der Waals surface area contributed by atoms with Crippen molar-refractivity contribution in [3.63, 3.8) is 0 Å². The maximum Gasteiger partial charge on any atom is 0.244 e. The standard InChI is InChI=1S/C17H26N4O3S2/c1-17(2)16(22)19-7-9-20(17)11-13-12-21(10-8-18-13)26(23,24)15-6-4-3-5-14(15)25/h3-4,6,13,18H,5,7-12H2,1-2H3,(H,19,22)/t13-/m0/s1. The van der Waals surface area contributed by atoms with Crippen molar-refractivity contribution >= 4 is 33.0 Å². The molecule has 0 aromatic carbocycles. The largest absolute Gasteiger partial charge is 0.353 e. The monoisotopic (exact) mass is 398 g/mol. The van der Waals surface area contributed by atoms with E-state index in [9.17, 15) is 13.2 Å². The second-order valence-electron chi connectivity index (χ2n) is 7.36. The first-order valence-corrected chi connectivity index (χ1v) is 10.7. The van der Waals surface area contributed by atoms with Crippen LogP contribution in [0.4, 0.5) is 0 Å². The van der Waals surface area contributed by atoms with E-state index in [1.54, 1.807) is 12.2 Å². The number of rotatable bonds is 4. The molecule has 3 aliphatic rings. The van der Waals surface area contributed by atoms with E-state index in [0.29, 0.717) is 44.0 Å². The average Bonchev–Trinajstić information content (AvgIpc) is 2.60. The number of carbonyl (C=O) groups excluding carboxylic acids is 1. The van der Waals surface area contributed by atoms with Crippen LogP contribution in [0.15, 0.2) is 23.1 Å². The molecule has 0 bridgehead atoms. The van der Waals surface area contributed by atoms with Gasteiger partial charge in [-0.15, -0.1) is 0 Å². The van der Waals surface area contributed by atoms with Gasteiger partial charge in [-0.05, 0) is 19.9 Å². The van der Waals surface area contributed by atoms with Gasteiger partial charge in [0, 0.05) is 56.6 Å². The van der Waals surface area contributed by atoms with Crippen molar-refractivity contribution in [3.05, 3.63) is 23.1 Å². The van der Waals surface area contributed by atoms with Gasteiger partial charge in [-0.1, -0.05) is 24.4 Å². The molecule has 1 aliphatic carbocycles. The molecule has 7 nitrogen and oxygen atoms in total. The van der Waals surface area contributed by atoms with Gasteiger partial charge in [-0.25, -0.2) is 8.42 Å². The highest BCUT2D eigenvalue weighted by molar-refractivity contribution is 7.96. The van der Waals surface area contributed by atoms with Crippen LogP contribution < -0.4 is 10.6 Å². The summed E-state index contributed by atoms with van der Waals surface area (Å²) in [7, 11) is -3.58. The molecule has 1 amide bonds. The number of hydrogen-bond donors (Lipinski definition) is 2. The Morgan fingerprint density at radius 2 is 2.08 bits per heavy atom. The van der Waals surface area contributed by atoms with E-state index in [-0.39, 0.29) is 16.9 Å². The Labute approximate surface area is 160 Å². The molecule has 0 aromatic heterocycles. The Bertz CT molecular complexity index is 758. The van der Waals surface area contributed by atoms with Crippen LogP contribution in [-0.2, 0) is 14.8 Å². The van der Waals surface area contributed by atoms with Gasteiger partial charge in [0.05, 0.1) is 10.4 Å². The molecule has 2 heterocycles. The summed E-state index contributed by atoms with van der Waals surface area (Å²) in [6.45, 7) is 7.17. The van der Waals surface area contributed by atoms with Crippen molar-refractivity contribution in [2.45, 2.75) is 31.8 Å². The Hall–Kier alpha value is -1.13. The fourth-order valence-corrected chi connectivity index (χ4v) is 5.65. The number of amides is 1. The molecule has 26 heavy (non-hydrogen) atoms. The van der Waals surface area contributed by atoms with Crippen molar-refractivity contribution in [2.75, 3.05) is 39.3 Å². The lowest BCUT2D eigenvalue weighted by Gasteiger charge is -2.44. The highest BCUT2D eigenvalue weighted by atomic mass is 32.2. The van der Waals surface area contributed by atoms with Gasteiger partial charge in [-0.3, -0.25) is 9.69 Å². The SMILES string of the molecule is CC1(C)C(=O)NCCN1C[C@H]1CN(S(=O)(=O)C2=CC=CCC2=S)CCN1. The fourth-order valence-electron chi connectivity index (χ4n) is 3.56. The number of nitrogens with one attached hydrogen (secondary N) is 2. The van der Waals surface area contributed by atoms with E-state index in [2.05, 4.69) is 15.5 Å². The summed E-state index contributed by atoms with van der Waals surface area (Å²) in [6.07, 6.45) is 5.70. The van der Waals surface area contributed by atoms with Crippen LogP contribution >= 0.6 is 12.2 Å². The molecule has 0 aromatic rings. The van der Waals surface area contributed by atoms with Gasteiger partial charge < -0.3 is 10.6 Å². The van der Waals surface area contributed by atoms with E-state index in [4.69, 9.17) is 12.2 Å². The molecule has 1 atom stereocenters. The molecular weight excluding hydrogens is 372 g/mol. The Balaban J connectivity index is 1.71. The van der Waals surface area contributed by atoms with Crippen LogP contribution in [0.3, 0.4) is 0 Å². The van der Waals surface area contributed by atoms with Gasteiger partial charge in [0.15, 0.2) is 0 Å². The van der Waals surface area contributed by atoms with Crippen molar-refractivity contribution in [1.29, 1.82) is 0 Å². The topological polar surface area (TPSA) is 81.8 Å². The quantitative estimate of drug-likeness (QED) is 0.650. The summed E-state index contributed by atoms with van der Waals surface area (Å²) in [5.41, 5.74) is -0.598. The molecule has 0 unspecified atom stereocenters. The maximum absolute atomic E-state index is 13.0. The van der Waals surface area contributed by atoms with E-state index in [0.717, 1.165) is 6.54 Å². The number of nitrogens with zero attached hydrogens (tertiary/aromatic N) is 2. The predicted molar refractivity (Wildman–Crippen MR) is 105 cm³/mol. The van der Waals surface area contributed by atoms with Crippen molar-refractivity contribution in [1.82, 2.24) is 19.8 Å². The van der Waals surface area contributed by atoms with Crippen LogP contribution in [0, 0.1) is 0 Å². The molecule has 0 saturated carbocycles. The zero-order valence-corrected chi connectivity index (χ0v) is 16.8. The van der Waals surface area contributed by atoms with E-state index in [1.165, 1.54) is 4.31 Å². The van der Waals surface area contributed by atoms with Gasteiger partial charge in [0.25, 0.3) is 0 Å². The van der Waals surface area contributed by atoms with Crippen LogP contribution in [0.2, 0.25) is 0 Å². The molecule has 144 valence electrons. The number of carbonyl (C=O) groups is 1. The Morgan fingerprint density at radius 1 is 1.31 bits per heavy atom. The van der Waals surface area contributed by atoms with E-state index >= 15 is 0 Å².